The first-order chi connectivity index (χ1) is 24.0. The Balaban J connectivity index is 0.00000213. The number of ketones is 1. The third-order valence-corrected chi connectivity index (χ3v) is 10.9. The maximum absolute atomic E-state index is 14.0. The average molecular weight is 728 g/mol. The highest BCUT2D eigenvalue weighted by atomic mass is 32.1. The molecule has 1 saturated heterocycles. The normalized spacial score (nSPS) is 17.6. The summed E-state index contributed by atoms with van der Waals surface area (Å²) in [6.45, 7) is 11.9. The molecule has 51 heavy (non-hydrogen) atoms. The number of hydrogen-bond donors (Lipinski definition) is 2. The van der Waals surface area contributed by atoms with Gasteiger partial charge >= 0.3 is 5.97 Å². The standard InChI is InChI=1S/C37H56N4O5S.C2H4O2/c1-8-25(4)29(22-33(42)32-16-12-13-19-40(32)6)36(44)41(7)31(24(2)3)17-18-34-39-30(23-47-34)35(43)38-28(20-26(5)37(45)46)21-27-14-10-9-11-15-27;1-2(3)4/h9-11,14-15,23-26,28-29,31-32H,8,12-13,16-22H2,1-7H3,(H,38,43)(H,45,46);1H3,(H,3,4)/p-1/t25-,26-,28+,29-,31+,32+;/m0./s1. The summed E-state index contributed by atoms with van der Waals surface area (Å²) in [5.41, 5.74) is 1.34. The number of carbonyl (C=O) groups is 5. The number of carbonyl (C=O) groups excluding carboxylic acids is 4. The third-order valence-electron chi connectivity index (χ3n) is 9.98. The fraction of sp³-hybridized carbons (Fsp3) is 0.641. The van der Waals surface area contributed by atoms with Gasteiger partial charge in [0.25, 0.3) is 5.91 Å². The molecule has 3 rings (SSSR count). The van der Waals surface area contributed by atoms with Crippen molar-refractivity contribution >= 4 is 40.9 Å². The number of likely N-dealkylation sites (N-methyl/N-ethyl adjacent to an activating group) is 1. The van der Waals surface area contributed by atoms with Crippen molar-refractivity contribution in [3.05, 3.63) is 52.0 Å². The Morgan fingerprint density at radius 1 is 1.10 bits per heavy atom. The molecule has 0 radical (unpaired) electrons. The van der Waals surface area contributed by atoms with Crippen LogP contribution < -0.4 is 10.4 Å². The Bertz CT molecular complexity index is 1410. The maximum atomic E-state index is 14.0. The number of piperidine rings is 1. The van der Waals surface area contributed by atoms with E-state index >= 15 is 0 Å². The molecule has 284 valence electrons. The lowest BCUT2D eigenvalue weighted by Gasteiger charge is -2.37. The number of nitrogens with one attached hydrogen (secondary N) is 1. The van der Waals surface area contributed by atoms with E-state index in [1.165, 1.54) is 11.3 Å². The molecule has 2 amide bonds. The van der Waals surface area contributed by atoms with Crippen LogP contribution in [0.4, 0.5) is 0 Å². The lowest BCUT2D eigenvalue weighted by atomic mass is 9.83. The van der Waals surface area contributed by atoms with Crippen LogP contribution in [-0.4, -0.2) is 88.2 Å². The zero-order chi connectivity index (χ0) is 38.2. The van der Waals surface area contributed by atoms with Crippen molar-refractivity contribution in [3.63, 3.8) is 0 Å². The molecule has 0 spiro atoms. The number of carboxylic acids is 2. The van der Waals surface area contributed by atoms with E-state index in [9.17, 15) is 24.3 Å². The van der Waals surface area contributed by atoms with Gasteiger partial charge < -0.3 is 25.2 Å². The van der Waals surface area contributed by atoms with Crippen molar-refractivity contribution in [2.75, 3.05) is 20.6 Å². The van der Waals surface area contributed by atoms with Crippen molar-refractivity contribution < 1.29 is 34.2 Å². The number of likely N-dealkylation sites (tertiary alicyclic amines) is 1. The first kappa shape index (κ1) is 43.5. The number of rotatable bonds is 18. The fourth-order valence-corrected chi connectivity index (χ4v) is 7.52. The fourth-order valence-electron chi connectivity index (χ4n) is 6.73. The van der Waals surface area contributed by atoms with Crippen molar-refractivity contribution in [2.24, 2.45) is 23.7 Å². The van der Waals surface area contributed by atoms with Gasteiger partial charge in [-0.2, -0.15) is 0 Å². The van der Waals surface area contributed by atoms with Gasteiger partial charge in [-0.3, -0.25) is 24.1 Å². The minimum atomic E-state index is -1.08. The number of nitrogens with zero attached hydrogens (tertiary/aromatic N) is 3. The van der Waals surface area contributed by atoms with Crippen LogP contribution in [0.2, 0.25) is 0 Å². The van der Waals surface area contributed by atoms with E-state index in [-0.39, 0.29) is 59.9 Å². The topological polar surface area (TPSA) is 160 Å². The summed E-state index contributed by atoms with van der Waals surface area (Å²) >= 11 is 1.42. The molecule has 0 aliphatic carbocycles. The number of aromatic nitrogens is 1. The smallest absolute Gasteiger partial charge is 0.306 e. The first-order valence-electron chi connectivity index (χ1n) is 18.2. The Labute approximate surface area is 308 Å². The Morgan fingerprint density at radius 3 is 2.31 bits per heavy atom. The number of aliphatic carboxylic acids is 2. The number of benzene rings is 1. The maximum Gasteiger partial charge on any atom is 0.306 e. The molecule has 0 saturated carbocycles. The summed E-state index contributed by atoms with van der Waals surface area (Å²) in [5, 5.41) is 24.0. The molecule has 1 aromatic carbocycles. The summed E-state index contributed by atoms with van der Waals surface area (Å²) in [6.07, 6.45) is 6.27. The average Bonchev–Trinajstić information content (AvgIpc) is 3.56. The van der Waals surface area contributed by atoms with Crippen molar-refractivity contribution in [3.8, 4) is 0 Å². The van der Waals surface area contributed by atoms with Crippen molar-refractivity contribution in [1.29, 1.82) is 0 Å². The van der Waals surface area contributed by atoms with Crippen LogP contribution in [0.25, 0.3) is 0 Å². The molecule has 12 heteroatoms. The number of thiazole rings is 1. The summed E-state index contributed by atoms with van der Waals surface area (Å²) in [6, 6.07) is 9.22. The highest BCUT2D eigenvalue weighted by Crippen LogP contribution is 2.28. The van der Waals surface area contributed by atoms with Crippen LogP contribution in [0.5, 0.6) is 0 Å². The molecule has 0 unspecified atom stereocenters. The van der Waals surface area contributed by atoms with Gasteiger partial charge in [0, 0.05) is 49.2 Å². The Morgan fingerprint density at radius 2 is 1.75 bits per heavy atom. The highest BCUT2D eigenvalue weighted by molar-refractivity contribution is 7.09. The summed E-state index contributed by atoms with van der Waals surface area (Å²) in [4.78, 5) is 69.7. The molecule has 1 fully saturated rings. The monoisotopic (exact) mass is 727 g/mol. The number of carboxylic acid groups (broad SMARTS) is 2. The highest BCUT2D eigenvalue weighted by Gasteiger charge is 2.36. The first-order valence-corrected chi connectivity index (χ1v) is 19.1. The molecule has 0 bridgehead atoms. The van der Waals surface area contributed by atoms with E-state index in [0.717, 1.165) is 49.7 Å². The number of Topliss-reactive ketones (excluding diaryl/α,β-unsaturated/α-hetero) is 1. The number of amides is 2. The summed E-state index contributed by atoms with van der Waals surface area (Å²) < 4.78 is 0. The lowest BCUT2D eigenvalue weighted by Crippen LogP contribution is -2.47. The molecule has 2 N–H and O–H groups in total. The molecule has 1 aromatic heterocycles. The molecular formula is C39H59N4O7S-. The van der Waals surface area contributed by atoms with Crippen LogP contribution in [0.15, 0.2) is 35.7 Å². The van der Waals surface area contributed by atoms with Crippen molar-refractivity contribution in [1.82, 2.24) is 20.1 Å². The molecule has 2 aromatic rings. The zero-order valence-electron chi connectivity index (χ0n) is 31.7. The molecule has 2 heterocycles. The van der Waals surface area contributed by atoms with Gasteiger partial charge in [0.15, 0.2) is 5.78 Å². The summed E-state index contributed by atoms with van der Waals surface area (Å²) in [5.74, 6) is -2.74. The van der Waals surface area contributed by atoms with Gasteiger partial charge in [0.2, 0.25) is 5.91 Å². The second-order valence-electron chi connectivity index (χ2n) is 14.4. The van der Waals surface area contributed by atoms with Crippen LogP contribution in [0.3, 0.4) is 0 Å². The third kappa shape index (κ3) is 14.5. The van der Waals surface area contributed by atoms with E-state index in [1.807, 2.05) is 49.3 Å². The van der Waals surface area contributed by atoms with Gasteiger partial charge in [0.1, 0.15) is 5.69 Å². The number of hydrogen-bond acceptors (Lipinski definition) is 9. The van der Waals surface area contributed by atoms with Crippen LogP contribution in [-0.2, 0) is 32.0 Å². The second kappa shape index (κ2) is 21.7. The van der Waals surface area contributed by atoms with E-state index in [4.69, 9.17) is 9.90 Å². The molecule has 11 nitrogen and oxygen atoms in total. The summed E-state index contributed by atoms with van der Waals surface area (Å²) in [7, 11) is 3.88. The molecule has 6 atom stereocenters. The zero-order valence-corrected chi connectivity index (χ0v) is 32.5. The minimum absolute atomic E-state index is 0.0316. The molecule has 1 aliphatic rings. The van der Waals surface area contributed by atoms with E-state index in [1.54, 1.807) is 12.3 Å². The quantitative estimate of drug-likeness (QED) is 0.218. The predicted octanol–water partition coefficient (Wildman–Crippen LogP) is 4.87. The minimum Gasteiger partial charge on any atom is -0.550 e. The molecule has 1 aliphatic heterocycles. The van der Waals surface area contributed by atoms with Gasteiger partial charge in [0.05, 0.1) is 17.0 Å². The van der Waals surface area contributed by atoms with Crippen LogP contribution >= 0.6 is 11.3 Å². The number of aryl methyl sites for hydroxylation is 1. The van der Waals surface area contributed by atoms with Gasteiger partial charge in [-0.1, -0.05) is 77.8 Å². The van der Waals surface area contributed by atoms with E-state index in [2.05, 4.69) is 42.9 Å². The molecular weight excluding hydrogens is 669 g/mol. The SMILES string of the molecule is CC(=O)[O-].CC[C@H](C)[C@H](CC(=O)[C@H]1CCCCN1C)C(=O)N(C)[C@H](CCc1nc(C(=O)N[C@@H](Cc2ccccc2)C[C@H](C)C(=O)O)cs1)C(C)C. The van der Waals surface area contributed by atoms with E-state index < -0.39 is 17.9 Å². The second-order valence-corrected chi connectivity index (χ2v) is 15.3. The Hall–Kier alpha value is -3.64. The van der Waals surface area contributed by atoms with Crippen LogP contribution in [0.1, 0.15) is 108 Å². The van der Waals surface area contributed by atoms with Gasteiger partial charge in [-0.05, 0) is 70.0 Å². The van der Waals surface area contributed by atoms with Gasteiger partial charge in [-0.25, -0.2) is 4.98 Å². The Kier molecular flexibility index (Phi) is 18.5. The predicted molar refractivity (Wildman–Crippen MR) is 198 cm³/mol. The van der Waals surface area contributed by atoms with Gasteiger partial charge in [-0.15, -0.1) is 11.3 Å². The largest absolute Gasteiger partial charge is 0.550 e. The lowest BCUT2D eigenvalue weighted by molar-refractivity contribution is -0.302. The van der Waals surface area contributed by atoms with E-state index in [0.29, 0.717) is 31.4 Å². The van der Waals surface area contributed by atoms with Crippen LogP contribution in [0, 0.1) is 23.7 Å². The van der Waals surface area contributed by atoms with Crippen molar-refractivity contribution in [2.45, 2.75) is 117 Å².